The maximum absolute atomic E-state index is 5.82. The quantitative estimate of drug-likeness (QED) is 0.858. The molecule has 0 amide bonds. The van der Waals surface area contributed by atoms with E-state index < -0.39 is 0 Å². The van der Waals surface area contributed by atoms with E-state index in [0.29, 0.717) is 0 Å². The molecule has 0 aliphatic carbocycles. The van der Waals surface area contributed by atoms with Gasteiger partial charge in [-0.15, -0.1) is 0 Å². The summed E-state index contributed by atoms with van der Waals surface area (Å²) in [6.45, 7) is 4.47. The summed E-state index contributed by atoms with van der Waals surface area (Å²) in [6, 6.07) is 5.88. The maximum atomic E-state index is 5.82. The first-order valence-corrected chi connectivity index (χ1v) is 7.03. The van der Waals surface area contributed by atoms with Crippen molar-refractivity contribution in [1.82, 2.24) is 9.97 Å². The van der Waals surface area contributed by atoms with E-state index in [2.05, 4.69) is 21.8 Å². The number of aromatic nitrogens is 2. The van der Waals surface area contributed by atoms with Crippen molar-refractivity contribution in [3.63, 3.8) is 0 Å². The summed E-state index contributed by atoms with van der Waals surface area (Å²) in [5.74, 6) is 1.87. The maximum Gasteiger partial charge on any atom is 0.139 e. The van der Waals surface area contributed by atoms with Crippen LogP contribution in [0.5, 0.6) is 0 Å². The van der Waals surface area contributed by atoms with Crippen LogP contribution < -0.4 is 10.6 Å². The number of nitrogen functional groups attached to an aromatic ring is 1. The highest BCUT2D eigenvalue weighted by molar-refractivity contribution is 5.91. The molecular weight excluding hydrogens is 236 g/mol. The number of rotatable bonds is 3. The summed E-state index contributed by atoms with van der Waals surface area (Å²) in [4.78, 5) is 11.2. The molecule has 0 radical (unpaired) electrons. The summed E-state index contributed by atoms with van der Waals surface area (Å²) in [5.41, 5.74) is 7.50. The number of nitrogens with zero attached hydrogens (tertiary/aromatic N) is 3. The molecule has 1 fully saturated rings. The van der Waals surface area contributed by atoms with Gasteiger partial charge in [0.1, 0.15) is 12.1 Å². The lowest BCUT2D eigenvalue weighted by molar-refractivity contribution is 0.529. The van der Waals surface area contributed by atoms with Gasteiger partial charge in [0, 0.05) is 24.2 Å². The molecular formula is C15H20N4. The fourth-order valence-corrected chi connectivity index (χ4v) is 2.98. The first kappa shape index (κ1) is 12.2. The predicted octanol–water partition coefficient (Wildman–Crippen LogP) is 2.84. The molecule has 1 saturated heterocycles. The van der Waals surface area contributed by atoms with Gasteiger partial charge in [-0.25, -0.2) is 9.97 Å². The van der Waals surface area contributed by atoms with Gasteiger partial charge in [0.15, 0.2) is 0 Å². The third kappa shape index (κ3) is 2.35. The van der Waals surface area contributed by atoms with Crippen LogP contribution in [-0.2, 0) is 0 Å². The predicted molar refractivity (Wildman–Crippen MR) is 79.2 cm³/mol. The molecule has 4 heteroatoms. The normalized spacial score (nSPS) is 19.2. The van der Waals surface area contributed by atoms with E-state index in [4.69, 9.17) is 5.73 Å². The molecule has 1 aromatic carbocycles. The van der Waals surface area contributed by atoms with Crippen LogP contribution in [0, 0.1) is 5.92 Å². The second kappa shape index (κ2) is 5.03. The lowest BCUT2D eigenvalue weighted by Crippen LogP contribution is -2.21. The number of anilines is 2. The highest BCUT2D eigenvalue weighted by Crippen LogP contribution is 2.30. The minimum absolute atomic E-state index is 0.752. The Labute approximate surface area is 113 Å². The van der Waals surface area contributed by atoms with Gasteiger partial charge >= 0.3 is 0 Å². The lowest BCUT2D eigenvalue weighted by Gasteiger charge is -2.19. The smallest absolute Gasteiger partial charge is 0.139 e. The molecule has 1 aliphatic rings. The van der Waals surface area contributed by atoms with E-state index in [1.54, 1.807) is 6.33 Å². The summed E-state index contributed by atoms with van der Waals surface area (Å²) >= 11 is 0. The molecule has 3 rings (SSSR count). The second-order valence-electron chi connectivity index (χ2n) is 5.36. The highest BCUT2D eigenvalue weighted by Gasteiger charge is 2.24. The molecule has 2 aromatic rings. The molecule has 0 bridgehead atoms. The van der Waals surface area contributed by atoms with Crippen LogP contribution in [0.3, 0.4) is 0 Å². The Bertz CT molecular complexity index is 581. The number of fused-ring (bicyclic) bond motifs is 1. The van der Waals surface area contributed by atoms with E-state index in [1.165, 1.54) is 19.3 Å². The third-order valence-corrected chi connectivity index (χ3v) is 3.92. The average molecular weight is 256 g/mol. The monoisotopic (exact) mass is 256 g/mol. The van der Waals surface area contributed by atoms with E-state index in [1.807, 2.05) is 18.2 Å². The molecule has 2 N–H and O–H groups in total. The topological polar surface area (TPSA) is 55.0 Å². The Morgan fingerprint density at radius 3 is 3.11 bits per heavy atom. The van der Waals surface area contributed by atoms with Crippen molar-refractivity contribution in [3.05, 3.63) is 24.5 Å². The van der Waals surface area contributed by atoms with Gasteiger partial charge in [-0.05, 0) is 37.0 Å². The Balaban J connectivity index is 1.93. The molecule has 1 unspecified atom stereocenters. The van der Waals surface area contributed by atoms with Gasteiger partial charge in [0.2, 0.25) is 0 Å². The molecule has 1 atom stereocenters. The van der Waals surface area contributed by atoms with Gasteiger partial charge in [0.05, 0.1) is 5.52 Å². The van der Waals surface area contributed by atoms with Crippen molar-refractivity contribution in [1.29, 1.82) is 0 Å². The standard InChI is InChI=1S/C15H20N4/c1-2-3-11-6-7-19(9-11)15-13-5-4-12(16)8-14(13)17-10-18-15/h4-5,8,10-11H,2-3,6-7,9,16H2,1H3. The fourth-order valence-electron chi connectivity index (χ4n) is 2.98. The second-order valence-corrected chi connectivity index (χ2v) is 5.36. The summed E-state index contributed by atoms with van der Waals surface area (Å²) in [7, 11) is 0. The van der Waals surface area contributed by atoms with E-state index >= 15 is 0 Å². The Morgan fingerprint density at radius 2 is 2.26 bits per heavy atom. The molecule has 0 saturated carbocycles. The van der Waals surface area contributed by atoms with Crippen LogP contribution in [0.25, 0.3) is 10.9 Å². The van der Waals surface area contributed by atoms with Crippen LogP contribution in [0.1, 0.15) is 26.2 Å². The zero-order valence-electron chi connectivity index (χ0n) is 11.3. The number of hydrogen-bond donors (Lipinski definition) is 1. The zero-order valence-corrected chi connectivity index (χ0v) is 11.3. The van der Waals surface area contributed by atoms with Gasteiger partial charge in [-0.1, -0.05) is 13.3 Å². The fraction of sp³-hybridized carbons (Fsp3) is 0.467. The molecule has 19 heavy (non-hydrogen) atoms. The molecule has 2 heterocycles. The summed E-state index contributed by atoms with van der Waals surface area (Å²) in [5, 5.41) is 1.11. The van der Waals surface area contributed by atoms with Crippen LogP contribution >= 0.6 is 0 Å². The Hall–Kier alpha value is -1.84. The van der Waals surface area contributed by atoms with Crippen LogP contribution in [-0.4, -0.2) is 23.1 Å². The summed E-state index contributed by atoms with van der Waals surface area (Å²) < 4.78 is 0. The number of nitrogens with two attached hydrogens (primary N) is 1. The van der Waals surface area contributed by atoms with Gasteiger partial charge < -0.3 is 10.6 Å². The minimum atomic E-state index is 0.752. The van der Waals surface area contributed by atoms with Gasteiger partial charge in [0.25, 0.3) is 0 Å². The highest BCUT2D eigenvalue weighted by atomic mass is 15.2. The summed E-state index contributed by atoms with van der Waals surface area (Å²) in [6.07, 6.45) is 5.49. The van der Waals surface area contributed by atoms with Crippen molar-refractivity contribution in [2.45, 2.75) is 26.2 Å². The van der Waals surface area contributed by atoms with Crippen LogP contribution in [0.4, 0.5) is 11.5 Å². The zero-order chi connectivity index (χ0) is 13.2. The molecule has 1 aromatic heterocycles. The first-order valence-electron chi connectivity index (χ1n) is 7.03. The van der Waals surface area contributed by atoms with E-state index in [0.717, 1.165) is 41.4 Å². The van der Waals surface area contributed by atoms with Crippen LogP contribution in [0.2, 0.25) is 0 Å². The number of benzene rings is 1. The van der Waals surface area contributed by atoms with Crippen molar-refractivity contribution in [3.8, 4) is 0 Å². The Morgan fingerprint density at radius 1 is 1.37 bits per heavy atom. The van der Waals surface area contributed by atoms with E-state index in [-0.39, 0.29) is 0 Å². The number of hydrogen-bond acceptors (Lipinski definition) is 4. The molecule has 4 nitrogen and oxygen atoms in total. The van der Waals surface area contributed by atoms with Gasteiger partial charge in [-0.2, -0.15) is 0 Å². The van der Waals surface area contributed by atoms with Crippen LogP contribution in [0.15, 0.2) is 24.5 Å². The van der Waals surface area contributed by atoms with E-state index in [9.17, 15) is 0 Å². The minimum Gasteiger partial charge on any atom is -0.399 e. The molecule has 1 aliphatic heterocycles. The Kier molecular flexibility index (Phi) is 3.23. The molecule has 0 spiro atoms. The van der Waals surface area contributed by atoms with Crippen molar-refractivity contribution in [2.24, 2.45) is 5.92 Å². The molecule has 100 valence electrons. The third-order valence-electron chi connectivity index (χ3n) is 3.92. The SMILES string of the molecule is CCCC1CCN(c2ncnc3cc(N)ccc23)C1. The first-order chi connectivity index (χ1) is 9.28. The van der Waals surface area contributed by atoms with Crippen molar-refractivity contribution in [2.75, 3.05) is 23.7 Å². The van der Waals surface area contributed by atoms with Gasteiger partial charge in [-0.3, -0.25) is 0 Å². The average Bonchev–Trinajstić information content (AvgIpc) is 2.86. The lowest BCUT2D eigenvalue weighted by atomic mass is 10.0. The van der Waals surface area contributed by atoms with Crippen molar-refractivity contribution < 1.29 is 0 Å². The largest absolute Gasteiger partial charge is 0.399 e. The van der Waals surface area contributed by atoms with Crippen molar-refractivity contribution >= 4 is 22.4 Å².